The molecule has 3 aromatic rings. The van der Waals surface area contributed by atoms with Crippen molar-refractivity contribution in [1.82, 2.24) is 0 Å². The van der Waals surface area contributed by atoms with Crippen molar-refractivity contribution >= 4 is 62.9 Å². The molecule has 3 nitrogen and oxygen atoms in total. The second-order valence-corrected chi connectivity index (χ2v) is 10.2. The molecule has 3 aromatic carbocycles. The van der Waals surface area contributed by atoms with Crippen molar-refractivity contribution in [1.29, 1.82) is 0 Å². The second kappa shape index (κ2) is 9.38. The minimum atomic E-state index is -3.60. The maximum atomic E-state index is 13.6. The van der Waals surface area contributed by atoms with Crippen molar-refractivity contribution in [3.8, 4) is 11.5 Å². The van der Waals surface area contributed by atoms with E-state index in [1.165, 1.54) is 20.4 Å². The van der Waals surface area contributed by atoms with E-state index in [0.717, 1.165) is 9.79 Å². The quantitative estimate of drug-likeness (QED) is 0.295. The molecule has 0 heterocycles. The summed E-state index contributed by atoms with van der Waals surface area (Å²) in [6.07, 6.45) is 0. The molecule has 0 aliphatic carbocycles. The lowest BCUT2D eigenvalue weighted by Gasteiger charge is -2.20. The van der Waals surface area contributed by atoms with Crippen molar-refractivity contribution in [2.75, 3.05) is 0 Å². The molecule has 0 N–H and O–H groups in total. The zero-order chi connectivity index (χ0) is 18.4. The molecule has 26 heavy (non-hydrogen) atoms. The van der Waals surface area contributed by atoms with E-state index in [1.807, 2.05) is 42.5 Å². The van der Waals surface area contributed by atoms with Gasteiger partial charge in [0.2, 0.25) is 0 Å². The molecule has 8 heteroatoms. The molecule has 0 aliphatic heterocycles. The fraction of sp³-hybridized carbons (Fsp3) is 0. The van der Waals surface area contributed by atoms with E-state index in [0.29, 0.717) is 16.8 Å². The minimum absolute atomic E-state index is 0.482. The summed E-state index contributed by atoms with van der Waals surface area (Å²) < 4.78 is 25.3. The highest BCUT2D eigenvalue weighted by Gasteiger charge is 2.31. The summed E-state index contributed by atoms with van der Waals surface area (Å²) in [6.45, 7) is 0. The first-order chi connectivity index (χ1) is 12.6. The number of rotatable bonds is 7. The predicted octanol–water partition coefficient (Wildman–Crippen LogP) is 7.47. The summed E-state index contributed by atoms with van der Waals surface area (Å²) in [5.41, 5.74) is 0. The smallest absolute Gasteiger partial charge is 0.413 e. The van der Waals surface area contributed by atoms with Gasteiger partial charge in [-0.1, -0.05) is 18.2 Å². The molecule has 0 aromatic heterocycles. The normalized spacial score (nSPS) is 11.2. The van der Waals surface area contributed by atoms with E-state index in [4.69, 9.17) is 9.05 Å². The zero-order valence-electron chi connectivity index (χ0n) is 13.2. The van der Waals surface area contributed by atoms with Crippen LogP contribution in [0.4, 0.5) is 0 Å². The molecule has 0 saturated carbocycles. The molecule has 0 amide bonds. The van der Waals surface area contributed by atoms with Gasteiger partial charge in [0.1, 0.15) is 11.5 Å². The molecule has 0 fully saturated rings. The predicted molar refractivity (Wildman–Crippen MR) is 117 cm³/mol. The van der Waals surface area contributed by atoms with E-state index < -0.39 is 7.60 Å². The third-order valence-corrected chi connectivity index (χ3v) is 8.33. The number of hydrogen-bond acceptors (Lipinski definition) is 5. The van der Waals surface area contributed by atoms with E-state index in [2.05, 4.69) is 29.6 Å². The third-order valence-electron chi connectivity index (χ3n) is 3.35. The van der Waals surface area contributed by atoms with E-state index in [1.54, 1.807) is 36.4 Å². The minimum Gasteiger partial charge on any atom is -0.413 e. The van der Waals surface area contributed by atoms with Gasteiger partial charge in [0.15, 0.2) is 0 Å². The molecule has 134 valence electrons. The van der Waals surface area contributed by atoms with Crippen LogP contribution in [0.25, 0.3) is 0 Å². The SMILES string of the molecule is O=P(Oc1ccc(SBr)cc1)(Oc1ccc(SBr)cc1)c1ccccc1. The first kappa shape index (κ1) is 19.9. The molecule has 0 unspecified atom stereocenters. The summed E-state index contributed by atoms with van der Waals surface area (Å²) >= 11 is 6.65. The molecular weight excluding hydrogens is 519 g/mol. The first-order valence-corrected chi connectivity index (χ1v) is 14.3. The van der Waals surface area contributed by atoms with Crippen LogP contribution in [-0.2, 0) is 4.57 Å². The van der Waals surface area contributed by atoms with Gasteiger partial charge in [0, 0.05) is 9.79 Å². The number of hydrogen-bond donors (Lipinski definition) is 0. The van der Waals surface area contributed by atoms with Crippen LogP contribution in [0.3, 0.4) is 0 Å². The van der Waals surface area contributed by atoms with Gasteiger partial charge in [-0.3, -0.25) is 0 Å². The van der Waals surface area contributed by atoms with Crippen molar-refractivity contribution in [3.63, 3.8) is 0 Å². The summed E-state index contributed by atoms with van der Waals surface area (Å²) in [6, 6.07) is 23.6. The van der Waals surface area contributed by atoms with Crippen LogP contribution in [0.5, 0.6) is 11.5 Å². The molecule has 0 aliphatic rings. The van der Waals surface area contributed by atoms with Crippen molar-refractivity contribution in [2.45, 2.75) is 9.79 Å². The molecule has 0 saturated heterocycles. The molecule has 0 spiro atoms. The average molecular weight is 532 g/mol. The lowest BCUT2D eigenvalue weighted by molar-refractivity contribution is 0.399. The maximum Gasteiger partial charge on any atom is 0.462 e. The van der Waals surface area contributed by atoms with Gasteiger partial charge in [0.25, 0.3) is 0 Å². The zero-order valence-corrected chi connectivity index (χ0v) is 18.9. The first-order valence-electron chi connectivity index (χ1n) is 7.45. The Hall–Kier alpha value is -0.850. The molecule has 0 radical (unpaired) electrons. The van der Waals surface area contributed by atoms with Gasteiger partial charge in [-0.15, -0.1) is 0 Å². The lowest BCUT2D eigenvalue weighted by Crippen LogP contribution is -2.14. The third kappa shape index (κ3) is 5.11. The van der Waals surface area contributed by atoms with Gasteiger partial charge in [-0.05, 0) is 111 Å². The topological polar surface area (TPSA) is 35.5 Å². The van der Waals surface area contributed by atoms with Gasteiger partial charge in [-0.2, -0.15) is 0 Å². The maximum absolute atomic E-state index is 13.6. The Labute approximate surface area is 175 Å². The van der Waals surface area contributed by atoms with Crippen LogP contribution >= 0.6 is 57.6 Å². The number of benzene rings is 3. The van der Waals surface area contributed by atoms with E-state index in [-0.39, 0.29) is 0 Å². The highest BCUT2D eigenvalue weighted by Crippen LogP contribution is 2.48. The Kier molecular flexibility index (Phi) is 7.18. The Morgan fingerprint density at radius 3 is 1.46 bits per heavy atom. The van der Waals surface area contributed by atoms with E-state index >= 15 is 0 Å². The monoisotopic (exact) mass is 530 g/mol. The average Bonchev–Trinajstić information content (AvgIpc) is 2.70. The van der Waals surface area contributed by atoms with Crippen LogP contribution in [0.15, 0.2) is 88.7 Å². The second-order valence-electron chi connectivity index (χ2n) is 5.11. The fourth-order valence-corrected chi connectivity index (χ4v) is 5.47. The standard InChI is InChI=1S/C18H13Br2O3PS2/c19-25-17-10-6-14(7-11-17)22-24(21,16-4-2-1-3-5-16)23-15-8-12-18(26-20)13-9-15/h1-13H. The van der Waals surface area contributed by atoms with Crippen LogP contribution in [0.2, 0.25) is 0 Å². The Morgan fingerprint density at radius 1 is 0.654 bits per heavy atom. The largest absolute Gasteiger partial charge is 0.462 e. The summed E-state index contributed by atoms with van der Waals surface area (Å²) in [5.74, 6) is 0.963. The van der Waals surface area contributed by atoms with Gasteiger partial charge in [0.05, 0.1) is 5.30 Å². The van der Waals surface area contributed by atoms with Gasteiger partial charge >= 0.3 is 7.60 Å². The van der Waals surface area contributed by atoms with Gasteiger partial charge in [-0.25, -0.2) is 4.57 Å². The van der Waals surface area contributed by atoms with E-state index in [9.17, 15) is 4.57 Å². The summed E-state index contributed by atoms with van der Waals surface area (Å²) in [7, 11) is -0.702. The van der Waals surface area contributed by atoms with Crippen LogP contribution in [0, 0.1) is 0 Å². The molecule has 0 bridgehead atoms. The van der Waals surface area contributed by atoms with Crippen molar-refractivity contribution < 1.29 is 13.6 Å². The van der Waals surface area contributed by atoms with Gasteiger partial charge < -0.3 is 9.05 Å². The van der Waals surface area contributed by atoms with Crippen molar-refractivity contribution in [2.24, 2.45) is 0 Å². The Morgan fingerprint density at radius 2 is 1.08 bits per heavy atom. The summed E-state index contributed by atoms with van der Waals surface area (Å²) in [4.78, 5) is 2.05. The lowest BCUT2D eigenvalue weighted by atomic mass is 10.3. The highest BCUT2D eigenvalue weighted by atomic mass is 79.9. The molecule has 3 rings (SSSR count). The Bertz CT molecular complexity index is 837. The summed E-state index contributed by atoms with van der Waals surface area (Å²) in [5, 5.41) is 0.498. The molecule has 0 atom stereocenters. The fourth-order valence-electron chi connectivity index (χ4n) is 2.12. The van der Waals surface area contributed by atoms with Crippen LogP contribution < -0.4 is 14.4 Å². The van der Waals surface area contributed by atoms with Crippen molar-refractivity contribution in [3.05, 3.63) is 78.9 Å². The highest BCUT2D eigenvalue weighted by molar-refractivity contribution is 9.50. The van der Waals surface area contributed by atoms with Crippen LogP contribution in [0.1, 0.15) is 0 Å². The number of halogens is 2. The Balaban J connectivity index is 1.91. The molecular formula is C18H13Br2O3PS2. The van der Waals surface area contributed by atoms with Crippen LogP contribution in [-0.4, -0.2) is 0 Å².